The molecule has 0 aliphatic carbocycles. The molecule has 6 heteroatoms. The summed E-state index contributed by atoms with van der Waals surface area (Å²) < 4.78 is 26.3. The van der Waals surface area contributed by atoms with Crippen LogP contribution in [0.3, 0.4) is 0 Å². The van der Waals surface area contributed by atoms with Crippen molar-refractivity contribution in [3.8, 4) is 0 Å². The van der Waals surface area contributed by atoms with Gasteiger partial charge in [-0.25, -0.2) is 13.8 Å². The highest BCUT2D eigenvalue weighted by molar-refractivity contribution is 5.55. The Morgan fingerprint density at radius 3 is 2.74 bits per heavy atom. The van der Waals surface area contributed by atoms with Crippen molar-refractivity contribution in [2.75, 3.05) is 23.3 Å². The number of anilines is 3. The van der Waals surface area contributed by atoms with Crippen LogP contribution in [0.2, 0.25) is 0 Å². The van der Waals surface area contributed by atoms with Gasteiger partial charge in [0.25, 0.3) is 0 Å². The molecule has 4 nitrogen and oxygen atoms in total. The molecule has 2 heterocycles. The lowest BCUT2D eigenvalue weighted by atomic mass is 10.0. The number of halogens is 2. The summed E-state index contributed by atoms with van der Waals surface area (Å²) in [5.74, 6) is 0.136. The summed E-state index contributed by atoms with van der Waals surface area (Å²) in [5.41, 5.74) is 1.26. The van der Waals surface area contributed by atoms with Crippen molar-refractivity contribution < 1.29 is 8.78 Å². The van der Waals surface area contributed by atoms with Crippen LogP contribution >= 0.6 is 0 Å². The Hall–Kier alpha value is -2.24. The van der Waals surface area contributed by atoms with Crippen LogP contribution in [0.15, 0.2) is 24.3 Å². The normalized spacial score (nSPS) is 18.1. The van der Waals surface area contributed by atoms with Crippen LogP contribution in [0.4, 0.5) is 26.2 Å². The predicted octanol–water partition coefficient (Wildman–Crippen LogP) is 4.04. The number of aryl methyl sites for hydroxylation is 1. The van der Waals surface area contributed by atoms with Crippen LogP contribution < -0.4 is 10.2 Å². The molecule has 0 saturated carbocycles. The van der Waals surface area contributed by atoms with E-state index in [1.807, 2.05) is 13.0 Å². The molecule has 0 radical (unpaired) electrons. The summed E-state index contributed by atoms with van der Waals surface area (Å²) in [7, 11) is 0. The number of aromatic nitrogens is 2. The van der Waals surface area contributed by atoms with E-state index in [2.05, 4.69) is 27.1 Å². The van der Waals surface area contributed by atoms with Crippen LogP contribution in [-0.4, -0.2) is 23.1 Å². The quantitative estimate of drug-likeness (QED) is 0.927. The first kappa shape index (κ1) is 15.6. The maximum atomic E-state index is 13.3. The average molecular weight is 318 g/mol. The summed E-state index contributed by atoms with van der Waals surface area (Å²) >= 11 is 0. The average Bonchev–Trinajstić information content (AvgIpc) is 2.50. The van der Waals surface area contributed by atoms with E-state index in [4.69, 9.17) is 0 Å². The van der Waals surface area contributed by atoms with Gasteiger partial charge in [0.05, 0.1) is 0 Å². The zero-order valence-corrected chi connectivity index (χ0v) is 13.3. The van der Waals surface area contributed by atoms with Gasteiger partial charge in [-0.3, -0.25) is 0 Å². The third-order valence-electron chi connectivity index (χ3n) is 4.00. The highest BCUT2D eigenvalue weighted by atomic mass is 19.2. The third kappa shape index (κ3) is 3.75. The SMILES string of the molecule is Cc1cc(N2CCCC(C)C2)nc(Nc2ccc(F)c(F)c2)n1. The Balaban J connectivity index is 1.83. The number of piperidine rings is 1. The monoisotopic (exact) mass is 318 g/mol. The molecule has 3 rings (SSSR count). The largest absolute Gasteiger partial charge is 0.356 e. The number of nitrogens with zero attached hydrogens (tertiary/aromatic N) is 3. The van der Waals surface area contributed by atoms with Crippen molar-refractivity contribution in [1.82, 2.24) is 9.97 Å². The minimum Gasteiger partial charge on any atom is -0.356 e. The van der Waals surface area contributed by atoms with Crippen molar-refractivity contribution in [3.05, 3.63) is 41.6 Å². The van der Waals surface area contributed by atoms with Gasteiger partial charge in [0.15, 0.2) is 11.6 Å². The summed E-state index contributed by atoms with van der Waals surface area (Å²) in [6.07, 6.45) is 2.39. The lowest BCUT2D eigenvalue weighted by molar-refractivity contribution is 0.444. The van der Waals surface area contributed by atoms with E-state index in [1.54, 1.807) is 0 Å². The van der Waals surface area contributed by atoms with Gasteiger partial charge < -0.3 is 10.2 Å². The van der Waals surface area contributed by atoms with Crippen LogP contribution in [0.25, 0.3) is 0 Å². The van der Waals surface area contributed by atoms with E-state index in [0.717, 1.165) is 43.2 Å². The van der Waals surface area contributed by atoms with Gasteiger partial charge >= 0.3 is 0 Å². The van der Waals surface area contributed by atoms with E-state index in [0.29, 0.717) is 17.6 Å². The second-order valence-corrected chi connectivity index (χ2v) is 6.14. The Morgan fingerprint density at radius 2 is 2.00 bits per heavy atom. The molecule has 1 aliphatic rings. The highest BCUT2D eigenvalue weighted by Gasteiger charge is 2.18. The lowest BCUT2D eigenvalue weighted by Crippen LogP contribution is -2.35. The third-order valence-corrected chi connectivity index (χ3v) is 4.00. The standard InChI is InChI=1S/C17H20F2N4/c1-11-4-3-7-23(10-11)16-8-12(2)20-17(22-16)21-13-5-6-14(18)15(19)9-13/h5-6,8-9,11H,3-4,7,10H2,1-2H3,(H,20,21,22). The first-order chi connectivity index (χ1) is 11.0. The second-order valence-electron chi connectivity index (χ2n) is 6.14. The fourth-order valence-corrected chi connectivity index (χ4v) is 2.87. The second kappa shape index (κ2) is 6.48. The summed E-state index contributed by atoms with van der Waals surface area (Å²) in [6.45, 7) is 6.09. The molecule has 0 bridgehead atoms. The molecule has 1 fully saturated rings. The first-order valence-electron chi connectivity index (χ1n) is 7.84. The van der Waals surface area contributed by atoms with E-state index >= 15 is 0 Å². The number of nitrogens with one attached hydrogen (secondary N) is 1. The smallest absolute Gasteiger partial charge is 0.229 e. The molecule has 23 heavy (non-hydrogen) atoms. The Labute approximate surface area is 134 Å². The molecule has 1 aliphatic heterocycles. The maximum absolute atomic E-state index is 13.3. The molecule has 1 saturated heterocycles. The zero-order valence-electron chi connectivity index (χ0n) is 13.3. The van der Waals surface area contributed by atoms with Crippen LogP contribution in [0, 0.1) is 24.5 Å². The molecule has 1 N–H and O–H groups in total. The van der Waals surface area contributed by atoms with Crippen molar-refractivity contribution in [3.63, 3.8) is 0 Å². The molecule has 0 amide bonds. The number of hydrogen-bond acceptors (Lipinski definition) is 4. The Kier molecular flexibility index (Phi) is 4.41. The molecular formula is C17H20F2N4. The summed E-state index contributed by atoms with van der Waals surface area (Å²) in [6, 6.07) is 5.60. The minimum atomic E-state index is -0.896. The Bertz CT molecular complexity index is 705. The van der Waals surface area contributed by atoms with E-state index in [9.17, 15) is 8.78 Å². The number of rotatable bonds is 3. The minimum absolute atomic E-state index is 0.393. The first-order valence-corrected chi connectivity index (χ1v) is 7.84. The van der Waals surface area contributed by atoms with E-state index in [1.165, 1.54) is 12.5 Å². The molecule has 1 aromatic carbocycles. The highest BCUT2D eigenvalue weighted by Crippen LogP contribution is 2.24. The molecule has 2 aromatic rings. The van der Waals surface area contributed by atoms with Gasteiger partial charge in [-0.1, -0.05) is 6.92 Å². The predicted molar refractivity (Wildman–Crippen MR) is 87.0 cm³/mol. The van der Waals surface area contributed by atoms with Gasteiger partial charge in [-0.2, -0.15) is 4.98 Å². The van der Waals surface area contributed by atoms with Gasteiger partial charge in [0.1, 0.15) is 5.82 Å². The number of hydrogen-bond donors (Lipinski definition) is 1. The van der Waals surface area contributed by atoms with Crippen LogP contribution in [0.5, 0.6) is 0 Å². The molecule has 122 valence electrons. The molecule has 1 aromatic heterocycles. The molecular weight excluding hydrogens is 298 g/mol. The lowest BCUT2D eigenvalue weighted by Gasteiger charge is -2.32. The summed E-state index contributed by atoms with van der Waals surface area (Å²) in [5, 5.41) is 2.95. The van der Waals surface area contributed by atoms with Gasteiger partial charge in [0.2, 0.25) is 5.95 Å². The van der Waals surface area contributed by atoms with Crippen molar-refractivity contribution in [2.24, 2.45) is 5.92 Å². The maximum Gasteiger partial charge on any atom is 0.229 e. The molecule has 1 unspecified atom stereocenters. The van der Waals surface area contributed by atoms with Gasteiger partial charge in [0, 0.05) is 36.6 Å². The molecule has 0 spiro atoms. The topological polar surface area (TPSA) is 41.1 Å². The summed E-state index contributed by atoms with van der Waals surface area (Å²) in [4.78, 5) is 11.1. The van der Waals surface area contributed by atoms with E-state index in [-0.39, 0.29) is 0 Å². The van der Waals surface area contributed by atoms with Crippen LogP contribution in [-0.2, 0) is 0 Å². The molecule has 1 atom stereocenters. The Morgan fingerprint density at radius 1 is 1.17 bits per heavy atom. The van der Waals surface area contributed by atoms with Crippen molar-refractivity contribution in [1.29, 1.82) is 0 Å². The van der Waals surface area contributed by atoms with Gasteiger partial charge in [-0.05, 0) is 37.8 Å². The van der Waals surface area contributed by atoms with Crippen molar-refractivity contribution >= 4 is 17.5 Å². The van der Waals surface area contributed by atoms with Crippen LogP contribution in [0.1, 0.15) is 25.5 Å². The fourth-order valence-electron chi connectivity index (χ4n) is 2.87. The number of benzene rings is 1. The van der Waals surface area contributed by atoms with E-state index < -0.39 is 11.6 Å². The fraction of sp³-hybridized carbons (Fsp3) is 0.412. The van der Waals surface area contributed by atoms with Crippen molar-refractivity contribution in [2.45, 2.75) is 26.7 Å². The van der Waals surface area contributed by atoms with Gasteiger partial charge in [-0.15, -0.1) is 0 Å². The zero-order chi connectivity index (χ0) is 16.4.